The molecule has 2 rings (SSSR count). The van der Waals surface area contributed by atoms with Crippen LogP contribution in [0.2, 0.25) is 0 Å². The molecule has 0 amide bonds. The monoisotopic (exact) mass is 222 g/mol. The molecule has 0 unspecified atom stereocenters. The molecule has 5 heteroatoms. The Hall–Kier alpha value is -2.04. The maximum absolute atomic E-state index is 13.1. The molecule has 4 nitrogen and oxygen atoms in total. The third-order valence-corrected chi connectivity index (χ3v) is 2.20. The Kier molecular flexibility index (Phi) is 2.76. The molecule has 1 heterocycles. The zero-order valence-corrected chi connectivity index (χ0v) is 8.95. The number of nitrogens with zero attached hydrogens (tertiary/aromatic N) is 1. The van der Waals surface area contributed by atoms with Crippen molar-refractivity contribution < 1.29 is 13.9 Å². The van der Waals surface area contributed by atoms with Gasteiger partial charge in [0.2, 0.25) is 0 Å². The molecule has 1 aromatic carbocycles. The van der Waals surface area contributed by atoms with Crippen LogP contribution in [-0.2, 0) is 0 Å². The summed E-state index contributed by atoms with van der Waals surface area (Å²) in [5.74, 6) is 0.247. The van der Waals surface area contributed by atoms with Gasteiger partial charge in [-0.25, -0.2) is 9.37 Å². The van der Waals surface area contributed by atoms with E-state index in [1.54, 1.807) is 12.3 Å². The lowest BCUT2D eigenvalue weighted by atomic mass is 10.1. The van der Waals surface area contributed by atoms with Gasteiger partial charge >= 0.3 is 0 Å². The van der Waals surface area contributed by atoms with Crippen molar-refractivity contribution in [2.24, 2.45) is 0 Å². The number of hydrogen-bond donors (Lipinski definition) is 1. The minimum Gasteiger partial charge on any atom is -0.496 e. The summed E-state index contributed by atoms with van der Waals surface area (Å²) >= 11 is 0. The lowest BCUT2D eigenvalue weighted by Crippen LogP contribution is -1.89. The van der Waals surface area contributed by atoms with Crippen LogP contribution in [0.4, 0.5) is 4.39 Å². The van der Waals surface area contributed by atoms with Gasteiger partial charge in [0, 0.05) is 5.56 Å². The van der Waals surface area contributed by atoms with Crippen molar-refractivity contribution in [1.82, 2.24) is 9.97 Å². The summed E-state index contributed by atoms with van der Waals surface area (Å²) in [4.78, 5) is 6.86. The molecule has 16 heavy (non-hydrogen) atoms. The highest BCUT2D eigenvalue weighted by atomic mass is 19.1. The van der Waals surface area contributed by atoms with Gasteiger partial charge in [0.25, 0.3) is 6.01 Å². The average molecular weight is 222 g/mol. The van der Waals surface area contributed by atoms with Crippen molar-refractivity contribution in [3.8, 4) is 23.0 Å². The van der Waals surface area contributed by atoms with Crippen molar-refractivity contribution in [1.29, 1.82) is 0 Å². The second kappa shape index (κ2) is 4.22. The van der Waals surface area contributed by atoms with E-state index in [-0.39, 0.29) is 5.82 Å². The lowest BCUT2D eigenvalue weighted by Gasteiger charge is -2.06. The molecular formula is C11H11FN2O2. The molecule has 0 spiro atoms. The SMILES string of the molecule is COc1ncc(-c2cc(F)ccc2OC)[nH]1. The number of H-pyrrole nitrogens is 1. The smallest absolute Gasteiger partial charge is 0.293 e. The second-order valence-electron chi connectivity index (χ2n) is 3.15. The number of nitrogens with one attached hydrogen (secondary N) is 1. The predicted molar refractivity (Wildman–Crippen MR) is 57.1 cm³/mol. The quantitative estimate of drug-likeness (QED) is 0.866. The highest BCUT2D eigenvalue weighted by Crippen LogP contribution is 2.30. The summed E-state index contributed by atoms with van der Waals surface area (Å²) in [6, 6.07) is 4.67. The highest BCUT2D eigenvalue weighted by molar-refractivity contribution is 5.67. The Morgan fingerprint density at radius 2 is 2.06 bits per heavy atom. The van der Waals surface area contributed by atoms with Gasteiger partial charge in [0.15, 0.2) is 0 Å². The van der Waals surface area contributed by atoms with Crippen molar-refractivity contribution in [3.63, 3.8) is 0 Å². The number of aromatic nitrogens is 2. The van der Waals surface area contributed by atoms with Crippen LogP contribution in [0.25, 0.3) is 11.3 Å². The largest absolute Gasteiger partial charge is 0.496 e. The number of ether oxygens (including phenoxy) is 2. The molecule has 0 bridgehead atoms. The van der Waals surface area contributed by atoms with E-state index < -0.39 is 0 Å². The van der Waals surface area contributed by atoms with E-state index in [2.05, 4.69) is 9.97 Å². The molecule has 84 valence electrons. The van der Waals surface area contributed by atoms with Crippen molar-refractivity contribution in [3.05, 3.63) is 30.2 Å². The number of imidazole rings is 1. The van der Waals surface area contributed by atoms with E-state index in [0.29, 0.717) is 23.0 Å². The molecule has 0 aliphatic heterocycles. The molecule has 0 saturated carbocycles. The van der Waals surface area contributed by atoms with Gasteiger partial charge in [-0.1, -0.05) is 0 Å². The predicted octanol–water partition coefficient (Wildman–Crippen LogP) is 2.23. The van der Waals surface area contributed by atoms with Crippen LogP contribution < -0.4 is 9.47 Å². The Bertz CT molecular complexity index is 496. The van der Waals surface area contributed by atoms with Crippen LogP contribution >= 0.6 is 0 Å². The van der Waals surface area contributed by atoms with Crippen molar-refractivity contribution in [2.75, 3.05) is 14.2 Å². The standard InChI is InChI=1S/C11H11FN2O2/c1-15-10-4-3-7(12)5-8(10)9-6-13-11(14-9)16-2/h3-6H,1-2H3,(H,13,14). The average Bonchev–Trinajstić information content (AvgIpc) is 2.77. The van der Waals surface area contributed by atoms with E-state index in [4.69, 9.17) is 9.47 Å². The fourth-order valence-corrected chi connectivity index (χ4v) is 1.43. The first-order valence-electron chi connectivity index (χ1n) is 4.67. The topological polar surface area (TPSA) is 47.1 Å². The molecule has 0 radical (unpaired) electrons. The van der Waals surface area contributed by atoms with Crippen molar-refractivity contribution in [2.45, 2.75) is 0 Å². The van der Waals surface area contributed by atoms with Crippen LogP contribution in [0.15, 0.2) is 24.4 Å². The van der Waals surface area contributed by atoms with Crippen LogP contribution in [0.1, 0.15) is 0 Å². The summed E-state index contributed by atoms with van der Waals surface area (Å²) in [6.45, 7) is 0. The van der Waals surface area contributed by atoms with Gasteiger partial charge in [-0.2, -0.15) is 0 Å². The Morgan fingerprint density at radius 3 is 2.69 bits per heavy atom. The molecular weight excluding hydrogens is 211 g/mol. The number of hydrogen-bond acceptors (Lipinski definition) is 3. The van der Waals surface area contributed by atoms with Gasteiger partial charge in [-0.3, -0.25) is 0 Å². The van der Waals surface area contributed by atoms with Gasteiger partial charge in [-0.15, -0.1) is 0 Å². The van der Waals surface area contributed by atoms with Gasteiger partial charge in [0.05, 0.1) is 26.1 Å². The fourth-order valence-electron chi connectivity index (χ4n) is 1.43. The summed E-state index contributed by atoms with van der Waals surface area (Å²) in [6.07, 6.45) is 1.57. The van der Waals surface area contributed by atoms with Crippen LogP contribution in [-0.4, -0.2) is 24.2 Å². The van der Waals surface area contributed by atoms with E-state index in [9.17, 15) is 4.39 Å². The maximum Gasteiger partial charge on any atom is 0.293 e. The molecule has 0 saturated heterocycles. The first-order valence-corrected chi connectivity index (χ1v) is 4.67. The minimum absolute atomic E-state index is 0.329. The maximum atomic E-state index is 13.1. The van der Waals surface area contributed by atoms with Crippen LogP contribution in [0.3, 0.4) is 0 Å². The number of halogens is 1. The molecule has 0 aliphatic carbocycles. The normalized spacial score (nSPS) is 10.2. The van der Waals surface area contributed by atoms with E-state index in [0.717, 1.165) is 0 Å². The highest BCUT2D eigenvalue weighted by Gasteiger charge is 2.10. The number of benzene rings is 1. The number of rotatable bonds is 3. The van der Waals surface area contributed by atoms with Gasteiger partial charge in [-0.05, 0) is 18.2 Å². The summed E-state index contributed by atoms with van der Waals surface area (Å²) < 4.78 is 23.2. The van der Waals surface area contributed by atoms with Crippen LogP contribution in [0, 0.1) is 5.82 Å². The van der Waals surface area contributed by atoms with Crippen LogP contribution in [0.5, 0.6) is 11.8 Å². The Morgan fingerprint density at radius 1 is 1.25 bits per heavy atom. The summed E-state index contributed by atoms with van der Waals surface area (Å²) in [7, 11) is 3.04. The minimum atomic E-state index is -0.329. The fraction of sp³-hybridized carbons (Fsp3) is 0.182. The molecule has 0 fully saturated rings. The van der Waals surface area contributed by atoms with Gasteiger partial charge < -0.3 is 14.5 Å². The number of aromatic amines is 1. The van der Waals surface area contributed by atoms with E-state index in [1.807, 2.05) is 0 Å². The third kappa shape index (κ3) is 1.84. The van der Waals surface area contributed by atoms with Gasteiger partial charge in [0.1, 0.15) is 11.6 Å². The first-order chi connectivity index (χ1) is 7.74. The molecule has 0 atom stereocenters. The lowest BCUT2D eigenvalue weighted by molar-refractivity contribution is 0.384. The first kappa shape index (κ1) is 10.5. The zero-order chi connectivity index (χ0) is 11.5. The van der Waals surface area contributed by atoms with E-state index in [1.165, 1.54) is 26.4 Å². The zero-order valence-electron chi connectivity index (χ0n) is 8.95. The number of methoxy groups -OCH3 is 2. The molecule has 2 aromatic rings. The molecule has 1 N–H and O–H groups in total. The summed E-state index contributed by atoms with van der Waals surface area (Å²) in [5.41, 5.74) is 1.26. The third-order valence-electron chi connectivity index (χ3n) is 2.20. The molecule has 0 aliphatic rings. The van der Waals surface area contributed by atoms with E-state index >= 15 is 0 Å². The second-order valence-corrected chi connectivity index (χ2v) is 3.15. The molecule has 1 aromatic heterocycles. The summed E-state index contributed by atoms with van der Waals surface area (Å²) in [5, 5.41) is 0. The Balaban J connectivity index is 2.49. The van der Waals surface area contributed by atoms with Crippen molar-refractivity contribution >= 4 is 0 Å². The Labute approximate surface area is 92.0 Å².